The Morgan fingerprint density at radius 1 is 1.00 bits per heavy atom. The number of halogens is 2. The fraction of sp³-hybridized carbons (Fsp3) is 0.0667. The van der Waals surface area contributed by atoms with E-state index in [2.05, 4.69) is 19.6 Å². The van der Waals surface area contributed by atoms with Crippen molar-refractivity contribution in [1.29, 1.82) is 0 Å². The minimum absolute atomic E-state index is 0.630. The zero-order valence-electron chi connectivity index (χ0n) is 9.50. The Morgan fingerprint density at radius 2 is 1.71 bits per heavy atom. The summed E-state index contributed by atoms with van der Waals surface area (Å²) in [6.45, 7) is 6.18. The second kappa shape index (κ2) is 4.95. The summed E-state index contributed by atoms with van der Waals surface area (Å²) in [5, 5.41) is 1.27. The van der Waals surface area contributed by atoms with Crippen LogP contribution in [0.5, 0.6) is 0 Å². The van der Waals surface area contributed by atoms with Gasteiger partial charge in [-0.1, -0.05) is 60.1 Å². The van der Waals surface area contributed by atoms with Crippen LogP contribution in [0.4, 0.5) is 0 Å². The molecule has 2 heteroatoms. The van der Waals surface area contributed by atoms with Crippen LogP contribution in [0.3, 0.4) is 0 Å². The minimum Gasteiger partial charge on any atom is -0.0905 e. The van der Waals surface area contributed by atoms with Gasteiger partial charge < -0.3 is 0 Å². The average molecular weight is 263 g/mol. The van der Waals surface area contributed by atoms with Crippen LogP contribution in [0.2, 0.25) is 10.0 Å². The van der Waals surface area contributed by atoms with Crippen molar-refractivity contribution in [3.63, 3.8) is 0 Å². The zero-order chi connectivity index (χ0) is 12.4. The maximum atomic E-state index is 6.18. The maximum Gasteiger partial charge on any atom is 0.0499 e. The zero-order valence-corrected chi connectivity index (χ0v) is 11.0. The van der Waals surface area contributed by atoms with E-state index < -0.39 is 0 Å². The largest absolute Gasteiger partial charge is 0.0905 e. The number of rotatable bonds is 2. The standard InChI is InChI=1S/C15H12Cl2/c1-10-5-3-4-6-13(10)11(2)14-8-7-12(16)9-15(14)17/h3-9H,2H2,1H3. The molecule has 2 aromatic rings. The smallest absolute Gasteiger partial charge is 0.0499 e. The molecule has 0 heterocycles. The lowest BCUT2D eigenvalue weighted by Crippen LogP contribution is -1.90. The summed E-state index contributed by atoms with van der Waals surface area (Å²) in [5.41, 5.74) is 4.13. The van der Waals surface area contributed by atoms with Crippen molar-refractivity contribution in [3.8, 4) is 0 Å². The lowest BCUT2D eigenvalue weighted by Gasteiger charge is -2.11. The second-order valence-corrected chi connectivity index (χ2v) is 4.76. The molecule has 2 rings (SSSR count). The van der Waals surface area contributed by atoms with Gasteiger partial charge in [0, 0.05) is 15.6 Å². The molecule has 0 fully saturated rings. The van der Waals surface area contributed by atoms with Crippen molar-refractivity contribution in [2.45, 2.75) is 6.92 Å². The van der Waals surface area contributed by atoms with Gasteiger partial charge in [-0.05, 0) is 35.8 Å². The van der Waals surface area contributed by atoms with Crippen LogP contribution < -0.4 is 0 Å². The predicted molar refractivity (Wildman–Crippen MR) is 75.8 cm³/mol. The average Bonchev–Trinajstić information content (AvgIpc) is 2.29. The normalized spacial score (nSPS) is 10.3. The Morgan fingerprint density at radius 3 is 2.35 bits per heavy atom. The molecule has 0 saturated carbocycles. The van der Waals surface area contributed by atoms with Crippen LogP contribution in [0.15, 0.2) is 49.0 Å². The highest BCUT2D eigenvalue weighted by Gasteiger charge is 2.08. The summed E-state index contributed by atoms with van der Waals surface area (Å²) in [4.78, 5) is 0. The third-order valence-electron chi connectivity index (χ3n) is 2.73. The van der Waals surface area contributed by atoms with Gasteiger partial charge in [-0.2, -0.15) is 0 Å². The van der Waals surface area contributed by atoms with Crippen LogP contribution in [0.1, 0.15) is 16.7 Å². The molecule has 2 aromatic carbocycles. The molecule has 0 atom stereocenters. The molecule has 0 aliphatic rings. The highest BCUT2D eigenvalue weighted by molar-refractivity contribution is 6.35. The molecule has 0 spiro atoms. The number of benzene rings is 2. The van der Waals surface area contributed by atoms with Crippen molar-refractivity contribution in [2.24, 2.45) is 0 Å². The summed E-state index contributed by atoms with van der Waals surface area (Å²) in [6.07, 6.45) is 0. The van der Waals surface area contributed by atoms with E-state index in [1.54, 1.807) is 6.07 Å². The Bertz CT molecular complexity index is 571. The Hall–Kier alpha value is -1.24. The summed E-state index contributed by atoms with van der Waals surface area (Å²) in [7, 11) is 0. The van der Waals surface area contributed by atoms with E-state index in [1.807, 2.05) is 30.3 Å². The summed E-state index contributed by atoms with van der Waals surface area (Å²) >= 11 is 12.1. The van der Waals surface area contributed by atoms with Gasteiger partial charge in [-0.25, -0.2) is 0 Å². The predicted octanol–water partition coefficient (Wildman–Crippen LogP) is 5.36. The Kier molecular flexibility index (Phi) is 3.56. The van der Waals surface area contributed by atoms with Gasteiger partial charge >= 0.3 is 0 Å². The molecular formula is C15H12Cl2. The van der Waals surface area contributed by atoms with Crippen molar-refractivity contribution in [3.05, 3.63) is 75.8 Å². The van der Waals surface area contributed by atoms with E-state index >= 15 is 0 Å². The lowest BCUT2D eigenvalue weighted by atomic mass is 9.96. The van der Waals surface area contributed by atoms with Crippen molar-refractivity contribution in [2.75, 3.05) is 0 Å². The van der Waals surface area contributed by atoms with Crippen LogP contribution in [0, 0.1) is 6.92 Å². The van der Waals surface area contributed by atoms with Gasteiger partial charge in [-0.15, -0.1) is 0 Å². The van der Waals surface area contributed by atoms with Crippen LogP contribution in [-0.4, -0.2) is 0 Å². The highest BCUT2D eigenvalue weighted by atomic mass is 35.5. The molecule has 0 radical (unpaired) electrons. The van der Waals surface area contributed by atoms with Gasteiger partial charge in [0.2, 0.25) is 0 Å². The number of hydrogen-bond donors (Lipinski definition) is 0. The van der Waals surface area contributed by atoms with Crippen molar-refractivity contribution in [1.82, 2.24) is 0 Å². The van der Waals surface area contributed by atoms with Gasteiger partial charge in [0.1, 0.15) is 0 Å². The molecule has 0 amide bonds. The quantitative estimate of drug-likeness (QED) is 0.683. The molecule has 86 valence electrons. The van der Waals surface area contributed by atoms with E-state index in [0.717, 1.165) is 16.7 Å². The van der Waals surface area contributed by atoms with Gasteiger partial charge in [0.25, 0.3) is 0 Å². The summed E-state index contributed by atoms with van der Waals surface area (Å²) < 4.78 is 0. The molecule has 0 unspecified atom stereocenters. The molecular weight excluding hydrogens is 251 g/mol. The fourth-order valence-electron chi connectivity index (χ4n) is 1.79. The van der Waals surface area contributed by atoms with E-state index in [-0.39, 0.29) is 0 Å². The molecule has 0 bridgehead atoms. The van der Waals surface area contributed by atoms with Crippen molar-refractivity contribution >= 4 is 28.8 Å². The van der Waals surface area contributed by atoms with Crippen LogP contribution in [-0.2, 0) is 0 Å². The molecule has 0 saturated heterocycles. The first kappa shape index (κ1) is 12.2. The van der Waals surface area contributed by atoms with Crippen LogP contribution >= 0.6 is 23.2 Å². The molecule has 0 aliphatic heterocycles. The molecule has 0 N–H and O–H groups in total. The van der Waals surface area contributed by atoms with Gasteiger partial charge in [0.15, 0.2) is 0 Å². The number of hydrogen-bond acceptors (Lipinski definition) is 0. The fourth-order valence-corrected chi connectivity index (χ4v) is 2.31. The van der Waals surface area contributed by atoms with E-state index in [4.69, 9.17) is 23.2 Å². The van der Waals surface area contributed by atoms with Gasteiger partial charge in [-0.3, -0.25) is 0 Å². The van der Waals surface area contributed by atoms with E-state index in [9.17, 15) is 0 Å². The first-order chi connectivity index (χ1) is 8.09. The Labute approximate surface area is 112 Å². The minimum atomic E-state index is 0.630. The van der Waals surface area contributed by atoms with Crippen LogP contribution in [0.25, 0.3) is 5.57 Å². The molecule has 0 aromatic heterocycles. The SMILES string of the molecule is C=C(c1ccccc1C)c1ccc(Cl)cc1Cl. The second-order valence-electron chi connectivity index (χ2n) is 3.92. The monoisotopic (exact) mass is 262 g/mol. The van der Waals surface area contributed by atoms with E-state index in [1.165, 1.54) is 5.56 Å². The molecule has 0 aliphatic carbocycles. The summed E-state index contributed by atoms with van der Waals surface area (Å²) in [6, 6.07) is 13.6. The van der Waals surface area contributed by atoms with E-state index in [0.29, 0.717) is 10.0 Å². The maximum absolute atomic E-state index is 6.18. The first-order valence-electron chi connectivity index (χ1n) is 5.30. The lowest BCUT2D eigenvalue weighted by molar-refractivity contribution is 1.42. The Balaban J connectivity index is 2.48. The topological polar surface area (TPSA) is 0 Å². The molecule has 0 nitrogen and oxygen atoms in total. The highest BCUT2D eigenvalue weighted by Crippen LogP contribution is 2.31. The third-order valence-corrected chi connectivity index (χ3v) is 3.27. The third kappa shape index (κ3) is 2.54. The number of aryl methyl sites for hydroxylation is 1. The molecule has 17 heavy (non-hydrogen) atoms. The van der Waals surface area contributed by atoms with Crippen molar-refractivity contribution < 1.29 is 0 Å². The summed E-state index contributed by atoms with van der Waals surface area (Å²) in [5.74, 6) is 0. The van der Waals surface area contributed by atoms with Gasteiger partial charge in [0.05, 0.1) is 0 Å². The first-order valence-corrected chi connectivity index (χ1v) is 6.05.